The topological polar surface area (TPSA) is 22.8 Å². The zero-order valence-corrected chi connectivity index (χ0v) is 11.9. The Bertz CT molecular complexity index is 724. The third-order valence-electron chi connectivity index (χ3n) is 3.46. The van der Waals surface area contributed by atoms with Crippen molar-refractivity contribution in [1.82, 2.24) is 14.3 Å². The number of hydrogen-bond acceptors (Lipinski definition) is 1. The second kappa shape index (κ2) is 4.74. The van der Waals surface area contributed by atoms with Crippen molar-refractivity contribution in [2.45, 2.75) is 19.9 Å². The van der Waals surface area contributed by atoms with Crippen LogP contribution in [0.1, 0.15) is 18.3 Å². The van der Waals surface area contributed by atoms with Crippen LogP contribution in [-0.2, 0) is 20.0 Å². The summed E-state index contributed by atoms with van der Waals surface area (Å²) in [6.45, 7) is 2.93. The molecule has 3 rings (SSSR count). The van der Waals surface area contributed by atoms with Crippen molar-refractivity contribution in [1.29, 1.82) is 0 Å². The molecule has 0 saturated heterocycles. The second-order valence-corrected chi connectivity index (χ2v) is 5.19. The number of aryl methyl sites for hydroxylation is 2. The van der Waals surface area contributed by atoms with E-state index in [0.29, 0.717) is 0 Å². The van der Waals surface area contributed by atoms with E-state index in [0.717, 1.165) is 29.2 Å². The lowest BCUT2D eigenvalue weighted by molar-refractivity contribution is 0.669. The van der Waals surface area contributed by atoms with Gasteiger partial charge in [0.2, 0.25) is 0 Å². The average Bonchev–Trinajstić information content (AvgIpc) is 2.95. The molecule has 0 unspecified atom stereocenters. The highest BCUT2D eigenvalue weighted by Crippen LogP contribution is 2.21. The van der Waals surface area contributed by atoms with Gasteiger partial charge in [-0.1, -0.05) is 24.6 Å². The summed E-state index contributed by atoms with van der Waals surface area (Å²) >= 11 is 6.08. The molecule has 0 saturated carbocycles. The largest absolute Gasteiger partial charge is 0.341 e. The van der Waals surface area contributed by atoms with Gasteiger partial charge in [0.15, 0.2) is 0 Å². The fourth-order valence-electron chi connectivity index (χ4n) is 2.36. The first-order chi connectivity index (χ1) is 9.17. The zero-order valence-electron chi connectivity index (χ0n) is 11.1. The number of nitrogens with zero attached hydrogens (tertiary/aromatic N) is 3. The third kappa shape index (κ3) is 2.26. The molecule has 0 fully saturated rings. The van der Waals surface area contributed by atoms with Crippen LogP contribution >= 0.6 is 11.6 Å². The van der Waals surface area contributed by atoms with Crippen LogP contribution in [0.25, 0.3) is 10.9 Å². The van der Waals surface area contributed by atoms with Crippen molar-refractivity contribution >= 4 is 22.5 Å². The Kier molecular flexibility index (Phi) is 3.07. The first kappa shape index (κ1) is 12.3. The highest BCUT2D eigenvalue weighted by molar-refractivity contribution is 6.31. The summed E-state index contributed by atoms with van der Waals surface area (Å²) in [4.78, 5) is 0. The highest BCUT2D eigenvalue weighted by Gasteiger charge is 2.07. The summed E-state index contributed by atoms with van der Waals surface area (Å²) in [5.74, 6) is 0. The minimum absolute atomic E-state index is 0.770. The summed E-state index contributed by atoms with van der Waals surface area (Å²) in [6, 6.07) is 10.3. The van der Waals surface area contributed by atoms with E-state index < -0.39 is 0 Å². The Morgan fingerprint density at radius 1 is 1.21 bits per heavy atom. The van der Waals surface area contributed by atoms with Gasteiger partial charge in [-0.05, 0) is 36.1 Å². The first-order valence-corrected chi connectivity index (χ1v) is 6.81. The lowest BCUT2D eigenvalue weighted by atomic mass is 10.2. The van der Waals surface area contributed by atoms with Crippen molar-refractivity contribution in [3.63, 3.8) is 0 Å². The van der Waals surface area contributed by atoms with E-state index >= 15 is 0 Å². The molecule has 0 aliphatic heterocycles. The smallest absolute Gasteiger partial charge is 0.0645 e. The predicted molar refractivity (Wildman–Crippen MR) is 78.6 cm³/mol. The average molecular weight is 274 g/mol. The van der Waals surface area contributed by atoms with Gasteiger partial charge in [0.25, 0.3) is 0 Å². The summed E-state index contributed by atoms with van der Waals surface area (Å²) in [5, 5.41) is 6.47. The van der Waals surface area contributed by atoms with Crippen molar-refractivity contribution in [3.05, 3.63) is 52.9 Å². The van der Waals surface area contributed by atoms with Gasteiger partial charge in [-0.3, -0.25) is 4.68 Å². The van der Waals surface area contributed by atoms with E-state index in [4.69, 9.17) is 11.6 Å². The molecule has 0 atom stereocenters. The maximum absolute atomic E-state index is 6.08. The van der Waals surface area contributed by atoms with Gasteiger partial charge in [-0.2, -0.15) is 5.10 Å². The van der Waals surface area contributed by atoms with Crippen molar-refractivity contribution in [3.8, 4) is 0 Å². The molecular formula is C15H16ClN3. The van der Waals surface area contributed by atoms with Crippen molar-refractivity contribution < 1.29 is 0 Å². The molecule has 0 aliphatic carbocycles. The minimum Gasteiger partial charge on any atom is -0.341 e. The predicted octanol–water partition coefficient (Wildman–Crippen LogP) is 3.64. The quantitative estimate of drug-likeness (QED) is 0.714. The molecule has 0 spiro atoms. The molecule has 0 aliphatic rings. The van der Waals surface area contributed by atoms with Crippen LogP contribution < -0.4 is 0 Å². The standard InChI is InChI=1S/C15H16ClN3/c1-3-13-9-14(18(2)17-13)10-19-7-6-11-4-5-12(16)8-15(11)19/h4-9H,3,10H2,1-2H3. The van der Waals surface area contributed by atoms with Crippen molar-refractivity contribution in [2.75, 3.05) is 0 Å². The molecule has 0 radical (unpaired) electrons. The maximum Gasteiger partial charge on any atom is 0.0645 e. The Hall–Kier alpha value is -1.74. The summed E-state index contributed by atoms with van der Waals surface area (Å²) < 4.78 is 4.16. The van der Waals surface area contributed by atoms with Gasteiger partial charge in [-0.25, -0.2) is 0 Å². The summed E-state index contributed by atoms with van der Waals surface area (Å²) in [7, 11) is 1.99. The maximum atomic E-state index is 6.08. The van der Waals surface area contributed by atoms with E-state index in [9.17, 15) is 0 Å². The van der Waals surface area contributed by atoms with Crippen LogP contribution in [0.4, 0.5) is 0 Å². The first-order valence-electron chi connectivity index (χ1n) is 6.43. The fourth-order valence-corrected chi connectivity index (χ4v) is 2.53. The molecule has 0 amide bonds. The van der Waals surface area contributed by atoms with Gasteiger partial charge in [0.1, 0.15) is 0 Å². The molecule has 98 valence electrons. The number of aromatic nitrogens is 3. The lowest BCUT2D eigenvalue weighted by Crippen LogP contribution is -2.04. The molecule has 2 heterocycles. The van der Waals surface area contributed by atoms with Gasteiger partial charge in [0, 0.05) is 23.8 Å². The lowest BCUT2D eigenvalue weighted by Gasteiger charge is -2.06. The van der Waals surface area contributed by atoms with Gasteiger partial charge < -0.3 is 4.57 Å². The van der Waals surface area contributed by atoms with Gasteiger partial charge in [0.05, 0.1) is 17.9 Å². The highest BCUT2D eigenvalue weighted by atomic mass is 35.5. The van der Waals surface area contributed by atoms with E-state index in [-0.39, 0.29) is 0 Å². The molecule has 19 heavy (non-hydrogen) atoms. The number of hydrogen-bond donors (Lipinski definition) is 0. The van der Waals surface area contributed by atoms with Gasteiger partial charge >= 0.3 is 0 Å². The molecular weight excluding hydrogens is 258 g/mol. The number of halogens is 1. The number of benzene rings is 1. The summed E-state index contributed by atoms with van der Waals surface area (Å²) in [6.07, 6.45) is 3.06. The molecule has 3 aromatic rings. The Morgan fingerprint density at radius 3 is 2.79 bits per heavy atom. The third-order valence-corrected chi connectivity index (χ3v) is 3.69. The van der Waals surface area contributed by atoms with Crippen LogP contribution in [0.2, 0.25) is 5.02 Å². The molecule has 0 bridgehead atoms. The second-order valence-electron chi connectivity index (χ2n) is 4.75. The number of fused-ring (bicyclic) bond motifs is 1. The Balaban J connectivity index is 2.00. The van der Waals surface area contributed by atoms with Crippen LogP contribution in [0.3, 0.4) is 0 Å². The van der Waals surface area contributed by atoms with E-state index in [1.54, 1.807) is 0 Å². The Labute approximate surface area is 117 Å². The van der Waals surface area contributed by atoms with Crippen LogP contribution in [-0.4, -0.2) is 14.3 Å². The van der Waals surface area contributed by atoms with E-state index in [1.807, 2.05) is 23.9 Å². The van der Waals surface area contributed by atoms with Crippen molar-refractivity contribution in [2.24, 2.45) is 7.05 Å². The molecule has 1 aromatic carbocycles. The Morgan fingerprint density at radius 2 is 2.05 bits per heavy atom. The van der Waals surface area contributed by atoms with E-state index in [1.165, 1.54) is 11.1 Å². The normalized spacial score (nSPS) is 11.3. The van der Waals surface area contributed by atoms with Crippen LogP contribution in [0.15, 0.2) is 36.5 Å². The van der Waals surface area contributed by atoms with Gasteiger partial charge in [-0.15, -0.1) is 0 Å². The van der Waals surface area contributed by atoms with E-state index in [2.05, 4.69) is 41.0 Å². The summed E-state index contributed by atoms with van der Waals surface area (Å²) in [5.41, 5.74) is 3.49. The zero-order chi connectivity index (χ0) is 13.4. The minimum atomic E-state index is 0.770. The molecule has 0 N–H and O–H groups in total. The van der Waals surface area contributed by atoms with Crippen LogP contribution in [0, 0.1) is 0 Å². The monoisotopic (exact) mass is 273 g/mol. The number of rotatable bonds is 3. The van der Waals surface area contributed by atoms with Crippen LogP contribution in [0.5, 0.6) is 0 Å². The molecule has 3 nitrogen and oxygen atoms in total. The molecule has 2 aromatic heterocycles. The SMILES string of the molecule is CCc1cc(Cn2ccc3ccc(Cl)cc32)n(C)n1. The fraction of sp³-hybridized carbons (Fsp3) is 0.267. The molecule has 4 heteroatoms.